The van der Waals surface area contributed by atoms with E-state index in [1.807, 2.05) is 13.0 Å². The van der Waals surface area contributed by atoms with Crippen molar-refractivity contribution in [2.24, 2.45) is 0 Å². The van der Waals surface area contributed by atoms with Gasteiger partial charge in [0.1, 0.15) is 5.82 Å². The van der Waals surface area contributed by atoms with Gasteiger partial charge in [0.2, 0.25) is 10.0 Å². The number of nitrogens with zero attached hydrogens (tertiary/aromatic N) is 3. The average Bonchev–Trinajstić information content (AvgIpc) is 2.53. The van der Waals surface area contributed by atoms with Crippen molar-refractivity contribution < 1.29 is 8.42 Å². The molecule has 0 spiro atoms. The van der Waals surface area contributed by atoms with E-state index in [0.29, 0.717) is 12.1 Å². The molecule has 7 heteroatoms. The lowest BCUT2D eigenvalue weighted by atomic mass is 10.3. The molecule has 124 valence electrons. The minimum absolute atomic E-state index is 0.157. The molecule has 0 radical (unpaired) electrons. The van der Waals surface area contributed by atoms with Crippen LogP contribution in [0, 0.1) is 0 Å². The Labute approximate surface area is 133 Å². The highest BCUT2D eigenvalue weighted by atomic mass is 32.2. The average molecular weight is 326 g/mol. The van der Waals surface area contributed by atoms with Crippen molar-refractivity contribution in [1.29, 1.82) is 0 Å². The number of likely N-dealkylation sites (N-methyl/N-ethyl adjacent to an activating group) is 1. The van der Waals surface area contributed by atoms with Crippen LogP contribution in [0.1, 0.15) is 26.7 Å². The highest BCUT2D eigenvalue weighted by Crippen LogP contribution is 2.17. The van der Waals surface area contributed by atoms with Crippen LogP contribution in [0.3, 0.4) is 0 Å². The predicted octanol–water partition coefficient (Wildman–Crippen LogP) is 1.77. The highest BCUT2D eigenvalue weighted by molar-refractivity contribution is 7.92. The molecule has 0 aliphatic carbocycles. The van der Waals surface area contributed by atoms with Gasteiger partial charge >= 0.3 is 0 Å². The predicted molar refractivity (Wildman–Crippen MR) is 90.9 cm³/mol. The summed E-state index contributed by atoms with van der Waals surface area (Å²) in [7, 11) is -3.26. The van der Waals surface area contributed by atoms with E-state index in [9.17, 15) is 8.42 Å². The zero-order valence-electron chi connectivity index (χ0n) is 13.5. The Morgan fingerprint density at radius 2 is 1.91 bits per heavy atom. The van der Waals surface area contributed by atoms with Gasteiger partial charge in [0, 0.05) is 26.2 Å². The Balaban J connectivity index is 1.93. The molecule has 0 amide bonds. The zero-order chi connectivity index (χ0) is 16.0. The lowest BCUT2D eigenvalue weighted by Gasteiger charge is -2.34. The maximum absolute atomic E-state index is 11.9. The topological polar surface area (TPSA) is 65.5 Å². The molecule has 6 nitrogen and oxygen atoms in total. The molecule has 1 aromatic heterocycles. The van der Waals surface area contributed by atoms with E-state index in [1.165, 1.54) is 0 Å². The number of hydrogen-bond acceptors (Lipinski definition) is 5. The first-order valence-electron chi connectivity index (χ1n) is 7.98. The van der Waals surface area contributed by atoms with Crippen LogP contribution in [0.5, 0.6) is 0 Å². The largest absolute Gasteiger partial charge is 0.354 e. The molecule has 0 aromatic carbocycles. The van der Waals surface area contributed by atoms with Crippen molar-refractivity contribution in [2.75, 3.05) is 48.1 Å². The van der Waals surface area contributed by atoms with E-state index in [4.69, 9.17) is 0 Å². The molecule has 0 bridgehead atoms. The van der Waals surface area contributed by atoms with Gasteiger partial charge in [-0.25, -0.2) is 13.4 Å². The number of sulfonamides is 1. The number of anilines is 2. The lowest BCUT2D eigenvalue weighted by Crippen LogP contribution is -2.46. The van der Waals surface area contributed by atoms with E-state index in [0.717, 1.165) is 45.0 Å². The van der Waals surface area contributed by atoms with Crippen molar-refractivity contribution in [3.8, 4) is 0 Å². The second kappa shape index (κ2) is 7.78. The molecule has 1 saturated heterocycles. The Kier molecular flexibility index (Phi) is 6.02. The van der Waals surface area contributed by atoms with Crippen molar-refractivity contribution in [3.05, 3.63) is 18.3 Å². The van der Waals surface area contributed by atoms with Gasteiger partial charge in [-0.3, -0.25) is 4.72 Å². The Hall–Kier alpha value is -1.34. The van der Waals surface area contributed by atoms with Gasteiger partial charge in [-0.2, -0.15) is 0 Å². The Morgan fingerprint density at radius 3 is 2.45 bits per heavy atom. The van der Waals surface area contributed by atoms with Crippen LogP contribution in [-0.4, -0.2) is 56.8 Å². The second-order valence-corrected chi connectivity index (χ2v) is 7.44. The van der Waals surface area contributed by atoms with Gasteiger partial charge in [-0.05, 0) is 25.1 Å². The molecule has 0 saturated carbocycles. The molecule has 22 heavy (non-hydrogen) atoms. The maximum atomic E-state index is 11.9. The van der Waals surface area contributed by atoms with Crippen LogP contribution in [0.4, 0.5) is 11.5 Å². The molecule has 2 heterocycles. The van der Waals surface area contributed by atoms with Gasteiger partial charge in [0.15, 0.2) is 0 Å². The third-order valence-electron chi connectivity index (χ3n) is 3.93. The summed E-state index contributed by atoms with van der Waals surface area (Å²) in [6, 6.07) is 3.68. The van der Waals surface area contributed by atoms with Crippen LogP contribution >= 0.6 is 0 Å². The first-order valence-corrected chi connectivity index (χ1v) is 9.63. The Morgan fingerprint density at radius 1 is 1.18 bits per heavy atom. The number of nitrogens with one attached hydrogen (secondary N) is 1. The monoisotopic (exact) mass is 326 g/mol. The first kappa shape index (κ1) is 17.0. The van der Waals surface area contributed by atoms with Crippen molar-refractivity contribution in [1.82, 2.24) is 9.88 Å². The van der Waals surface area contributed by atoms with E-state index >= 15 is 0 Å². The van der Waals surface area contributed by atoms with Crippen LogP contribution < -0.4 is 9.62 Å². The van der Waals surface area contributed by atoms with Crippen LogP contribution in [0.25, 0.3) is 0 Å². The van der Waals surface area contributed by atoms with Gasteiger partial charge < -0.3 is 9.80 Å². The fourth-order valence-corrected chi connectivity index (χ4v) is 3.74. The fraction of sp³-hybridized carbons (Fsp3) is 0.667. The standard InChI is InChI=1S/C15H26N4O2S/c1-3-5-12-22(20,21)17-14-6-7-15(16-13-14)19-10-8-18(4-2)9-11-19/h6-7,13,17H,3-5,8-12H2,1-2H3. The summed E-state index contributed by atoms with van der Waals surface area (Å²) in [5.74, 6) is 1.07. The molecule has 1 fully saturated rings. The van der Waals surface area contributed by atoms with Gasteiger partial charge in [0.05, 0.1) is 17.6 Å². The number of aromatic nitrogens is 1. The molecule has 1 N–H and O–H groups in total. The maximum Gasteiger partial charge on any atom is 0.232 e. The SMILES string of the molecule is CCCCS(=O)(=O)Nc1ccc(N2CCN(CC)CC2)nc1. The fourth-order valence-electron chi connectivity index (χ4n) is 2.49. The summed E-state index contributed by atoms with van der Waals surface area (Å²) in [6.07, 6.45) is 3.13. The normalized spacial score (nSPS) is 16.7. The number of hydrogen-bond donors (Lipinski definition) is 1. The van der Waals surface area contributed by atoms with Gasteiger partial charge in [-0.1, -0.05) is 20.3 Å². The number of pyridine rings is 1. The quantitative estimate of drug-likeness (QED) is 0.827. The summed E-state index contributed by atoms with van der Waals surface area (Å²) in [5.41, 5.74) is 0.534. The Bertz CT molecular complexity index is 551. The molecule has 2 rings (SSSR count). The second-order valence-electron chi connectivity index (χ2n) is 5.60. The van der Waals surface area contributed by atoms with Crippen molar-refractivity contribution >= 4 is 21.5 Å². The minimum Gasteiger partial charge on any atom is -0.354 e. The minimum atomic E-state index is -3.26. The number of unbranched alkanes of at least 4 members (excludes halogenated alkanes) is 1. The molecule has 0 unspecified atom stereocenters. The van der Waals surface area contributed by atoms with Gasteiger partial charge in [-0.15, -0.1) is 0 Å². The van der Waals surface area contributed by atoms with E-state index in [1.54, 1.807) is 12.3 Å². The third-order valence-corrected chi connectivity index (χ3v) is 5.30. The van der Waals surface area contributed by atoms with E-state index in [2.05, 4.69) is 26.4 Å². The molecule has 1 aliphatic rings. The van der Waals surface area contributed by atoms with Crippen LogP contribution in [0.2, 0.25) is 0 Å². The summed E-state index contributed by atoms with van der Waals surface area (Å²) in [6.45, 7) is 9.25. The lowest BCUT2D eigenvalue weighted by molar-refractivity contribution is 0.270. The van der Waals surface area contributed by atoms with Crippen LogP contribution in [-0.2, 0) is 10.0 Å². The summed E-state index contributed by atoms with van der Waals surface area (Å²) >= 11 is 0. The van der Waals surface area contributed by atoms with Crippen LogP contribution in [0.15, 0.2) is 18.3 Å². The highest BCUT2D eigenvalue weighted by Gasteiger charge is 2.17. The van der Waals surface area contributed by atoms with Crippen molar-refractivity contribution in [3.63, 3.8) is 0 Å². The summed E-state index contributed by atoms with van der Waals surface area (Å²) in [4.78, 5) is 9.05. The summed E-state index contributed by atoms with van der Waals surface area (Å²) in [5, 5.41) is 0. The van der Waals surface area contributed by atoms with Gasteiger partial charge in [0.25, 0.3) is 0 Å². The molecule has 0 atom stereocenters. The molecule has 1 aromatic rings. The first-order chi connectivity index (χ1) is 10.5. The summed E-state index contributed by atoms with van der Waals surface area (Å²) < 4.78 is 26.3. The smallest absolute Gasteiger partial charge is 0.232 e. The zero-order valence-corrected chi connectivity index (χ0v) is 14.3. The molecular formula is C15H26N4O2S. The number of piperazine rings is 1. The molecule has 1 aliphatic heterocycles. The van der Waals surface area contributed by atoms with Crippen molar-refractivity contribution in [2.45, 2.75) is 26.7 Å². The molecular weight excluding hydrogens is 300 g/mol. The number of rotatable bonds is 7. The van der Waals surface area contributed by atoms with E-state index in [-0.39, 0.29) is 5.75 Å². The van der Waals surface area contributed by atoms with E-state index < -0.39 is 10.0 Å². The third kappa shape index (κ3) is 4.84.